The minimum atomic E-state index is 0.149. The van der Waals surface area contributed by atoms with Crippen molar-refractivity contribution in [3.8, 4) is 0 Å². The zero-order valence-electron chi connectivity index (χ0n) is 16.0. The standard InChI is InChI=1S/C21H28N4O2/c1-15-23-20(27-24-15)13-16-8-11-25(12-9-16)21(26)18-6-4-17(5-7-18)19-3-2-10-22-14-19/h4-7,16,19,22H,2-3,8-14H2,1H3/t19-/m0/s1. The Morgan fingerprint density at radius 3 is 2.63 bits per heavy atom. The first-order chi connectivity index (χ1) is 13.2. The molecule has 4 rings (SSSR count). The fraction of sp³-hybridized carbons (Fsp3) is 0.571. The number of benzene rings is 1. The molecule has 0 unspecified atom stereocenters. The second kappa shape index (κ2) is 8.21. The smallest absolute Gasteiger partial charge is 0.253 e. The molecule has 27 heavy (non-hydrogen) atoms. The third-order valence-electron chi connectivity index (χ3n) is 5.86. The minimum absolute atomic E-state index is 0.149. The second-order valence-electron chi connectivity index (χ2n) is 7.84. The van der Waals surface area contributed by atoms with Crippen molar-refractivity contribution in [1.29, 1.82) is 0 Å². The molecular formula is C21H28N4O2. The van der Waals surface area contributed by atoms with Crippen molar-refractivity contribution in [2.24, 2.45) is 5.92 Å². The number of rotatable bonds is 4. The molecule has 1 N–H and O–H groups in total. The number of carbonyl (C=O) groups excluding carboxylic acids is 1. The molecule has 0 radical (unpaired) electrons. The first kappa shape index (κ1) is 18.2. The number of hydrogen-bond acceptors (Lipinski definition) is 5. The van der Waals surface area contributed by atoms with Crippen molar-refractivity contribution < 1.29 is 9.32 Å². The van der Waals surface area contributed by atoms with Gasteiger partial charge in [0.25, 0.3) is 5.91 Å². The zero-order chi connectivity index (χ0) is 18.6. The maximum absolute atomic E-state index is 12.8. The van der Waals surface area contributed by atoms with Crippen molar-refractivity contribution in [3.05, 3.63) is 47.1 Å². The Kier molecular flexibility index (Phi) is 5.53. The van der Waals surface area contributed by atoms with Crippen LogP contribution in [-0.2, 0) is 6.42 Å². The van der Waals surface area contributed by atoms with Gasteiger partial charge in [0.15, 0.2) is 5.82 Å². The van der Waals surface area contributed by atoms with E-state index in [1.165, 1.54) is 18.4 Å². The number of carbonyl (C=O) groups is 1. The van der Waals surface area contributed by atoms with Crippen LogP contribution in [0.3, 0.4) is 0 Å². The molecule has 1 amide bonds. The van der Waals surface area contributed by atoms with Crippen LogP contribution in [-0.4, -0.2) is 47.1 Å². The summed E-state index contributed by atoms with van der Waals surface area (Å²) in [5.74, 6) is 2.63. The van der Waals surface area contributed by atoms with Gasteiger partial charge in [0.2, 0.25) is 5.89 Å². The summed E-state index contributed by atoms with van der Waals surface area (Å²) in [6.07, 6.45) is 5.24. The van der Waals surface area contributed by atoms with Crippen LogP contribution in [0.4, 0.5) is 0 Å². The van der Waals surface area contributed by atoms with Gasteiger partial charge in [-0.15, -0.1) is 0 Å². The number of hydrogen-bond donors (Lipinski definition) is 1. The number of nitrogens with zero attached hydrogens (tertiary/aromatic N) is 3. The zero-order valence-corrected chi connectivity index (χ0v) is 16.0. The van der Waals surface area contributed by atoms with Gasteiger partial charge in [-0.05, 0) is 68.7 Å². The number of nitrogens with one attached hydrogen (secondary N) is 1. The maximum atomic E-state index is 12.8. The van der Waals surface area contributed by atoms with Gasteiger partial charge in [0.1, 0.15) is 0 Å². The van der Waals surface area contributed by atoms with Gasteiger partial charge in [-0.2, -0.15) is 4.98 Å². The van der Waals surface area contributed by atoms with Crippen LogP contribution in [0, 0.1) is 12.8 Å². The van der Waals surface area contributed by atoms with Crippen LogP contribution in [0.25, 0.3) is 0 Å². The number of aromatic nitrogens is 2. The third kappa shape index (κ3) is 4.38. The van der Waals surface area contributed by atoms with Crippen LogP contribution in [0.5, 0.6) is 0 Å². The molecule has 3 heterocycles. The number of piperidine rings is 2. The maximum Gasteiger partial charge on any atom is 0.253 e. The summed E-state index contributed by atoms with van der Waals surface area (Å²) in [4.78, 5) is 19.1. The van der Waals surface area contributed by atoms with Crippen molar-refractivity contribution in [1.82, 2.24) is 20.4 Å². The molecule has 2 aliphatic rings. The van der Waals surface area contributed by atoms with Crippen LogP contribution in [0.15, 0.2) is 28.8 Å². The molecule has 2 saturated heterocycles. The van der Waals surface area contributed by atoms with Gasteiger partial charge in [0, 0.05) is 31.6 Å². The first-order valence-corrected chi connectivity index (χ1v) is 10.1. The lowest BCUT2D eigenvalue weighted by Crippen LogP contribution is -2.39. The van der Waals surface area contributed by atoms with E-state index in [-0.39, 0.29) is 5.91 Å². The van der Waals surface area contributed by atoms with E-state index in [0.29, 0.717) is 23.6 Å². The molecule has 0 bridgehead atoms. The summed E-state index contributed by atoms with van der Waals surface area (Å²) >= 11 is 0. The second-order valence-corrected chi connectivity index (χ2v) is 7.84. The van der Waals surface area contributed by atoms with Gasteiger partial charge in [-0.25, -0.2) is 0 Å². The molecule has 144 valence electrons. The van der Waals surface area contributed by atoms with Crippen molar-refractivity contribution in [2.45, 2.75) is 44.9 Å². The molecule has 1 aromatic carbocycles. The Balaban J connectivity index is 1.31. The van der Waals surface area contributed by atoms with E-state index < -0.39 is 0 Å². The summed E-state index contributed by atoms with van der Waals surface area (Å²) in [6, 6.07) is 8.27. The highest BCUT2D eigenvalue weighted by molar-refractivity contribution is 5.94. The number of amides is 1. The van der Waals surface area contributed by atoms with E-state index in [4.69, 9.17) is 4.52 Å². The molecule has 1 atom stereocenters. The van der Waals surface area contributed by atoms with E-state index in [1.807, 2.05) is 24.0 Å². The minimum Gasteiger partial charge on any atom is -0.339 e. The summed E-state index contributed by atoms with van der Waals surface area (Å²) in [5.41, 5.74) is 2.14. The molecule has 6 heteroatoms. The predicted molar refractivity (Wildman–Crippen MR) is 103 cm³/mol. The topological polar surface area (TPSA) is 71.3 Å². The van der Waals surface area contributed by atoms with Gasteiger partial charge in [-0.3, -0.25) is 4.79 Å². The van der Waals surface area contributed by atoms with Crippen LogP contribution in [0.1, 0.15) is 59.2 Å². The van der Waals surface area contributed by atoms with Crippen LogP contribution < -0.4 is 5.32 Å². The van der Waals surface area contributed by atoms with Gasteiger partial charge in [-0.1, -0.05) is 17.3 Å². The number of aryl methyl sites for hydroxylation is 1. The van der Waals surface area contributed by atoms with Crippen molar-refractivity contribution in [3.63, 3.8) is 0 Å². The Bertz CT molecular complexity index is 757. The average Bonchev–Trinajstić information content (AvgIpc) is 3.13. The fourth-order valence-electron chi connectivity index (χ4n) is 4.23. The van der Waals surface area contributed by atoms with Gasteiger partial charge < -0.3 is 14.7 Å². The highest BCUT2D eigenvalue weighted by Gasteiger charge is 2.25. The van der Waals surface area contributed by atoms with Crippen LogP contribution >= 0.6 is 0 Å². The Hall–Kier alpha value is -2.21. The van der Waals surface area contributed by atoms with E-state index >= 15 is 0 Å². The summed E-state index contributed by atoms with van der Waals surface area (Å²) < 4.78 is 5.23. The monoisotopic (exact) mass is 368 g/mol. The quantitative estimate of drug-likeness (QED) is 0.898. The molecule has 2 aromatic rings. The molecule has 1 aromatic heterocycles. The highest BCUT2D eigenvalue weighted by Crippen LogP contribution is 2.25. The van der Waals surface area contributed by atoms with Gasteiger partial charge >= 0.3 is 0 Å². The van der Waals surface area contributed by atoms with E-state index in [1.54, 1.807) is 0 Å². The largest absolute Gasteiger partial charge is 0.339 e. The lowest BCUT2D eigenvalue weighted by molar-refractivity contribution is 0.0687. The molecule has 2 aliphatic heterocycles. The molecule has 0 saturated carbocycles. The predicted octanol–water partition coefficient (Wildman–Crippen LogP) is 2.94. The van der Waals surface area contributed by atoms with E-state index in [2.05, 4.69) is 27.6 Å². The van der Waals surface area contributed by atoms with Crippen molar-refractivity contribution in [2.75, 3.05) is 26.2 Å². The Morgan fingerprint density at radius 2 is 2.00 bits per heavy atom. The lowest BCUT2D eigenvalue weighted by Gasteiger charge is -2.31. The lowest BCUT2D eigenvalue weighted by atomic mass is 9.90. The van der Waals surface area contributed by atoms with Crippen LogP contribution in [0.2, 0.25) is 0 Å². The average molecular weight is 368 g/mol. The van der Waals surface area contributed by atoms with Gasteiger partial charge in [0.05, 0.1) is 0 Å². The fourth-order valence-corrected chi connectivity index (χ4v) is 4.23. The SMILES string of the molecule is Cc1noc(CC2CCN(C(=O)c3ccc([C@H]4CCCNC4)cc3)CC2)n1. The molecule has 0 aliphatic carbocycles. The third-order valence-corrected chi connectivity index (χ3v) is 5.86. The Labute approximate surface area is 160 Å². The van der Waals surface area contributed by atoms with Crippen molar-refractivity contribution >= 4 is 5.91 Å². The molecule has 2 fully saturated rings. The molecule has 0 spiro atoms. The highest BCUT2D eigenvalue weighted by atomic mass is 16.5. The first-order valence-electron chi connectivity index (χ1n) is 10.1. The normalized spacial score (nSPS) is 21.4. The Morgan fingerprint density at radius 1 is 1.22 bits per heavy atom. The van der Waals surface area contributed by atoms with E-state index in [9.17, 15) is 4.79 Å². The molecular weight excluding hydrogens is 340 g/mol. The molecule has 6 nitrogen and oxygen atoms in total. The van der Waals surface area contributed by atoms with E-state index in [0.717, 1.165) is 51.0 Å². The number of likely N-dealkylation sites (tertiary alicyclic amines) is 1. The summed E-state index contributed by atoms with van der Waals surface area (Å²) in [7, 11) is 0. The summed E-state index contributed by atoms with van der Waals surface area (Å²) in [6.45, 7) is 5.59. The summed E-state index contributed by atoms with van der Waals surface area (Å²) in [5, 5.41) is 7.31.